The van der Waals surface area contributed by atoms with Crippen LogP contribution in [0, 0.1) is 0 Å². The fourth-order valence-electron chi connectivity index (χ4n) is 3.85. The van der Waals surface area contributed by atoms with Crippen LogP contribution < -0.4 is 0 Å². The van der Waals surface area contributed by atoms with Gasteiger partial charge >= 0.3 is 0 Å². The van der Waals surface area contributed by atoms with Crippen molar-refractivity contribution in [2.45, 2.75) is 26.3 Å². The molecule has 5 heteroatoms. The van der Waals surface area contributed by atoms with Gasteiger partial charge in [0.25, 0.3) is 11.7 Å². The maximum atomic E-state index is 12.9. The predicted molar refractivity (Wildman–Crippen MR) is 114 cm³/mol. The van der Waals surface area contributed by atoms with Crippen LogP contribution in [0.1, 0.15) is 37.4 Å². The number of aliphatic hydroxyl groups is 1. The first kappa shape index (κ1) is 20.8. The molecule has 1 fully saturated rings. The molecular weight excluding hydrogens is 364 g/mol. The second kappa shape index (κ2) is 9.52. The quantitative estimate of drug-likeness (QED) is 0.421. The molecule has 29 heavy (non-hydrogen) atoms. The zero-order valence-corrected chi connectivity index (χ0v) is 17.0. The van der Waals surface area contributed by atoms with Gasteiger partial charge in [-0.2, -0.15) is 0 Å². The minimum atomic E-state index is -0.622. The number of hydrogen-bond donors (Lipinski definition) is 1. The molecule has 1 unspecified atom stereocenters. The predicted octanol–water partition coefficient (Wildman–Crippen LogP) is 3.84. The summed E-state index contributed by atoms with van der Waals surface area (Å²) in [5.74, 6) is -1.29. The molecule has 0 bridgehead atoms. The van der Waals surface area contributed by atoms with Gasteiger partial charge in [-0.05, 0) is 31.6 Å². The highest BCUT2D eigenvalue weighted by atomic mass is 16.3. The van der Waals surface area contributed by atoms with Crippen molar-refractivity contribution < 1.29 is 14.7 Å². The summed E-state index contributed by atoms with van der Waals surface area (Å²) < 4.78 is 0. The minimum Gasteiger partial charge on any atom is -0.507 e. The Labute approximate surface area is 172 Å². The zero-order valence-electron chi connectivity index (χ0n) is 17.0. The summed E-state index contributed by atoms with van der Waals surface area (Å²) in [6.07, 6.45) is 0.767. The Morgan fingerprint density at radius 3 is 2.14 bits per heavy atom. The average molecular weight is 392 g/mol. The zero-order chi connectivity index (χ0) is 20.8. The van der Waals surface area contributed by atoms with Crippen LogP contribution in [0.3, 0.4) is 0 Å². The summed E-state index contributed by atoms with van der Waals surface area (Å²) in [6.45, 7) is 7.44. The largest absolute Gasteiger partial charge is 0.507 e. The Morgan fingerprint density at radius 1 is 0.966 bits per heavy atom. The third-order valence-electron chi connectivity index (χ3n) is 5.47. The molecule has 2 aromatic rings. The van der Waals surface area contributed by atoms with E-state index in [-0.39, 0.29) is 11.3 Å². The van der Waals surface area contributed by atoms with Crippen LogP contribution in [0.5, 0.6) is 0 Å². The van der Waals surface area contributed by atoms with Crippen LogP contribution >= 0.6 is 0 Å². The van der Waals surface area contributed by atoms with Gasteiger partial charge in [0, 0.05) is 12.1 Å². The normalized spacial score (nSPS) is 18.6. The SMILES string of the molecule is CCN(CC)CCCN1C(=O)C(=O)/C(=C(\O)c2ccccc2)C1c1ccccc1. The van der Waals surface area contributed by atoms with Crippen LogP contribution in [0.2, 0.25) is 0 Å². The highest BCUT2D eigenvalue weighted by Crippen LogP contribution is 2.39. The lowest BCUT2D eigenvalue weighted by atomic mass is 9.95. The molecule has 1 N–H and O–H groups in total. The molecule has 1 aliphatic rings. The van der Waals surface area contributed by atoms with E-state index in [4.69, 9.17) is 0 Å². The van der Waals surface area contributed by atoms with E-state index >= 15 is 0 Å². The molecule has 1 atom stereocenters. The molecule has 3 rings (SSSR count). The van der Waals surface area contributed by atoms with E-state index in [1.54, 1.807) is 29.2 Å². The van der Waals surface area contributed by atoms with Crippen molar-refractivity contribution in [2.75, 3.05) is 26.2 Å². The Bertz CT molecular complexity index is 874. The number of likely N-dealkylation sites (tertiary alicyclic amines) is 1. The average Bonchev–Trinajstić information content (AvgIpc) is 3.02. The molecule has 0 radical (unpaired) electrons. The van der Waals surface area contributed by atoms with Crippen molar-refractivity contribution in [3.63, 3.8) is 0 Å². The van der Waals surface area contributed by atoms with Crippen LogP contribution in [0.15, 0.2) is 66.2 Å². The number of ketones is 1. The number of aliphatic hydroxyl groups excluding tert-OH is 1. The standard InChI is InChI=1S/C24H28N2O3/c1-3-25(4-2)16-11-17-26-21(18-12-7-5-8-13-18)20(23(28)24(26)29)22(27)19-14-9-6-10-15-19/h5-10,12-15,21,27H,3-4,11,16-17H2,1-2H3/b22-20-. The number of nitrogens with zero attached hydrogens (tertiary/aromatic N) is 2. The molecule has 5 nitrogen and oxygen atoms in total. The third-order valence-corrected chi connectivity index (χ3v) is 5.47. The van der Waals surface area contributed by atoms with Crippen LogP contribution in [0.4, 0.5) is 0 Å². The smallest absolute Gasteiger partial charge is 0.295 e. The van der Waals surface area contributed by atoms with Gasteiger partial charge in [-0.25, -0.2) is 0 Å². The van der Waals surface area contributed by atoms with E-state index in [9.17, 15) is 14.7 Å². The number of carbonyl (C=O) groups is 2. The maximum absolute atomic E-state index is 12.9. The summed E-state index contributed by atoms with van der Waals surface area (Å²) in [7, 11) is 0. The summed E-state index contributed by atoms with van der Waals surface area (Å²) in [5, 5.41) is 10.9. The molecule has 0 aliphatic carbocycles. The third kappa shape index (κ3) is 4.40. The molecule has 1 amide bonds. The fourth-order valence-corrected chi connectivity index (χ4v) is 3.85. The Kier molecular flexibility index (Phi) is 6.83. The van der Waals surface area contributed by atoms with Crippen molar-refractivity contribution in [3.05, 3.63) is 77.4 Å². The van der Waals surface area contributed by atoms with Gasteiger partial charge in [-0.3, -0.25) is 9.59 Å². The number of benzene rings is 2. The highest BCUT2D eigenvalue weighted by molar-refractivity contribution is 6.46. The van der Waals surface area contributed by atoms with Crippen LogP contribution in [-0.4, -0.2) is 52.8 Å². The van der Waals surface area contributed by atoms with E-state index < -0.39 is 17.7 Å². The maximum Gasteiger partial charge on any atom is 0.295 e. The Hall–Kier alpha value is -2.92. The van der Waals surface area contributed by atoms with Gasteiger partial charge in [0.15, 0.2) is 0 Å². The van der Waals surface area contributed by atoms with E-state index in [0.29, 0.717) is 12.1 Å². The summed E-state index contributed by atoms with van der Waals surface area (Å²) >= 11 is 0. The second-order valence-electron chi connectivity index (χ2n) is 7.15. The first-order chi connectivity index (χ1) is 14.1. The molecule has 0 aromatic heterocycles. The van der Waals surface area contributed by atoms with Crippen molar-refractivity contribution in [1.82, 2.24) is 9.80 Å². The van der Waals surface area contributed by atoms with Gasteiger partial charge in [0.05, 0.1) is 11.6 Å². The molecule has 0 spiro atoms. The van der Waals surface area contributed by atoms with Gasteiger partial charge < -0.3 is 14.9 Å². The summed E-state index contributed by atoms with van der Waals surface area (Å²) in [6, 6.07) is 17.8. The summed E-state index contributed by atoms with van der Waals surface area (Å²) in [4.78, 5) is 29.7. The molecule has 152 valence electrons. The molecule has 1 aliphatic heterocycles. The Morgan fingerprint density at radius 2 is 1.55 bits per heavy atom. The molecule has 2 aromatic carbocycles. The lowest BCUT2D eigenvalue weighted by Gasteiger charge is -2.26. The van der Waals surface area contributed by atoms with Crippen molar-refractivity contribution >= 4 is 17.4 Å². The van der Waals surface area contributed by atoms with Gasteiger partial charge in [-0.15, -0.1) is 0 Å². The van der Waals surface area contributed by atoms with E-state index in [0.717, 1.165) is 31.6 Å². The molecule has 1 heterocycles. The summed E-state index contributed by atoms with van der Waals surface area (Å²) in [5.41, 5.74) is 1.52. The van der Waals surface area contributed by atoms with Gasteiger partial charge in [0.2, 0.25) is 0 Å². The number of rotatable bonds is 8. The lowest BCUT2D eigenvalue weighted by Crippen LogP contribution is -2.33. The van der Waals surface area contributed by atoms with Crippen LogP contribution in [0.25, 0.3) is 5.76 Å². The Balaban J connectivity index is 1.98. The molecule has 1 saturated heterocycles. The van der Waals surface area contributed by atoms with Crippen molar-refractivity contribution in [3.8, 4) is 0 Å². The number of hydrogen-bond acceptors (Lipinski definition) is 4. The van der Waals surface area contributed by atoms with Gasteiger partial charge in [0.1, 0.15) is 5.76 Å². The molecule has 0 saturated carbocycles. The number of Topliss-reactive ketones (excluding diaryl/α,β-unsaturated/α-hetero) is 1. The lowest BCUT2D eigenvalue weighted by molar-refractivity contribution is -0.140. The monoisotopic (exact) mass is 392 g/mol. The van der Waals surface area contributed by atoms with E-state index in [1.807, 2.05) is 36.4 Å². The van der Waals surface area contributed by atoms with Crippen molar-refractivity contribution in [2.24, 2.45) is 0 Å². The fraction of sp³-hybridized carbons (Fsp3) is 0.333. The molecular formula is C24H28N2O3. The minimum absolute atomic E-state index is 0.121. The topological polar surface area (TPSA) is 60.9 Å². The highest BCUT2D eigenvalue weighted by Gasteiger charge is 2.45. The van der Waals surface area contributed by atoms with E-state index in [2.05, 4.69) is 18.7 Å². The van der Waals surface area contributed by atoms with Crippen molar-refractivity contribution in [1.29, 1.82) is 0 Å². The second-order valence-corrected chi connectivity index (χ2v) is 7.15. The van der Waals surface area contributed by atoms with Crippen LogP contribution in [-0.2, 0) is 9.59 Å². The first-order valence-electron chi connectivity index (χ1n) is 10.2. The number of carbonyl (C=O) groups excluding carboxylic acids is 2. The first-order valence-corrected chi connectivity index (χ1v) is 10.2. The van der Waals surface area contributed by atoms with E-state index in [1.165, 1.54) is 0 Å². The number of amides is 1. The van der Waals surface area contributed by atoms with Gasteiger partial charge in [-0.1, -0.05) is 74.5 Å².